The highest BCUT2D eigenvalue weighted by Gasteiger charge is 2.24. The number of anilines is 1. The lowest BCUT2D eigenvalue weighted by Crippen LogP contribution is -2.21. The molecule has 0 aliphatic heterocycles. The largest absolute Gasteiger partial charge is 0.497 e. The van der Waals surface area contributed by atoms with Crippen molar-refractivity contribution in [3.63, 3.8) is 0 Å². The minimum absolute atomic E-state index is 0.0547. The summed E-state index contributed by atoms with van der Waals surface area (Å²) in [5.74, 6) is 0.298. The summed E-state index contributed by atoms with van der Waals surface area (Å²) in [4.78, 5) is 25.4. The molecule has 1 aromatic carbocycles. The molecule has 1 aliphatic rings. The topological polar surface area (TPSA) is 88.4 Å². The maximum absolute atomic E-state index is 12.2. The summed E-state index contributed by atoms with van der Waals surface area (Å²) < 4.78 is 10.2. The van der Waals surface area contributed by atoms with Crippen LogP contribution in [0.2, 0.25) is 0 Å². The smallest absolute Gasteiger partial charge is 0.310 e. The lowest BCUT2D eigenvalue weighted by atomic mass is 9.89. The minimum atomic E-state index is -0.497. The second-order valence-electron chi connectivity index (χ2n) is 6.90. The fraction of sp³-hybridized carbons (Fsp3) is 0.381. The highest BCUT2D eigenvalue weighted by atomic mass is 32.1. The number of nitrogens with zero attached hydrogens (tertiary/aromatic N) is 1. The van der Waals surface area contributed by atoms with Crippen LogP contribution in [0, 0.1) is 17.2 Å². The molecule has 1 heterocycles. The van der Waals surface area contributed by atoms with E-state index in [4.69, 9.17) is 9.47 Å². The molecule has 2 aromatic rings. The van der Waals surface area contributed by atoms with Gasteiger partial charge in [-0.25, -0.2) is 0 Å². The van der Waals surface area contributed by atoms with E-state index in [1.807, 2.05) is 0 Å². The maximum Gasteiger partial charge on any atom is 0.310 e. The summed E-state index contributed by atoms with van der Waals surface area (Å²) in [6.07, 6.45) is 2.90. The molecule has 1 atom stereocenters. The molecule has 146 valence electrons. The monoisotopic (exact) mass is 398 g/mol. The number of carbonyl (C=O) groups is 2. The van der Waals surface area contributed by atoms with Crippen LogP contribution in [0.3, 0.4) is 0 Å². The number of hydrogen-bond acceptors (Lipinski definition) is 6. The van der Waals surface area contributed by atoms with Crippen molar-refractivity contribution in [2.75, 3.05) is 19.0 Å². The molecule has 7 heteroatoms. The Bertz CT molecular complexity index is 929. The molecule has 1 aliphatic carbocycles. The van der Waals surface area contributed by atoms with E-state index in [1.54, 1.807) is 31.4 Å². The van der Waals surface area contributed by atoms with Crippen molar-refractivity contribution < 1.29 is 19.1 Å². The summed E-state index contributed by atoms with van der Waals surface area (Å²) in [6.45, 7) is 1.81. The molecule has 3 rings (SSSR count). The second-order valence-corrected chi connectivity index (χ2v) is 8.01. The van der Waals surface area contributed by atoms with Crippen molar-refractivity contribution in [2.24, 2.45) is 5.92 Å². The van der Waals surface area contributed by atoms with Gasteiger partial charge in [-0.1, -0.05) is 19.1 Å². The van der Waals surface area contributed by atoms with Gasteiger partial charge in [0.1, 0.15) is 16.8 Å². The van der Waals surface area contributed by atoms with E-state index in [-0.39, 0.29) is 13.0 Å². The summed E-state index contributed by atoms with van der Waals surface area (Å²) in [5.41, 5.74) is 2.34. The number of thiophene rings is 1. The average molecular weight is 398 g/mol. The third-order valence-corrected chi connectivity index (χ3v) is 5.89. The normalized spacial score (nSPS) is 15.2. The van der Waals surface area contributed by atoms with Gasteiger partial charge in [-0.05, 0) is 48.4 Å². The zero-order chi connectivity index (χ0) is 20.1. The van der Waals surface area contributed by atoms with Crippen LogP contribution in [-0.4, -0.2) is 25.6 Å². The van der Waals surface area contributed by atoms with E-state index in [2.05, 4.69) is 18.3 Å². The standard InChI is InChI=1S/C21H22N2O4S/c1-13-6-7-16-17(11-22)21(28-18(16)8-13)23-19(24)12-27-20(25)10-14-4-3-5-15(9-14)26-2/h3-5,9,13H,6-8,10,12H2,1-2H3,(H,23,24)/t13-/m0/s1. The summed E-state index contributed by atoms with van der Waals surface area (Å²) in [6, 6.07) is 9.32. The number of nitrogens with one attached hydrogen (secondary N) is 1. The Balaban J connectivity index is 1.56. The molecule has 0 saturated heterocycles. The first-order valence-electron chi connectivity index (χ1n) is 9.13. The number of carbonyl (C=O) groups excluding carboxylic acids is 2. The van der Waals surface area contributed by atoms with Crippen LogP contribution in [0.4, 0.5) is 5.00 Å². The third kappa shape index (κ3) is 4.70. The van der Waals surface area contributed by atoms with Gasteiger partial charge in [0.05, 0.1) is 19.1 Å². The number of hydrogen-bond donors (Lipinski definition) is 1. The quantitative estimate of drug-likeness (QED) is 0.753. The van der Waals surface area contributed by atoms with Crippen molar-refractivity contribution >= 4 is 28.2 Å². The van der Waals surface area contributed by atoms with Crippen LogP contribution >= 0.6 is 11.3 Å². The molecule has 1 aromatic heterocycles. The number of esters is 1. The van der Waals surface area contributed by atoms with E-state index in [0.717, 1.165) is 30.4 Å². The Hall–Kier alpha value is -2.85. The first kappa shape index (κ1) is 19.9. The van der Waals surface area contributed by atoms with Gasteiger partial charge >= 0.3 is 5.97 Å². The number of benzene rings is 1. The predicted octanol–water partition coefficient (Wildman–Crippen LogP) is 3.48. The summed E-state index contributed by atoms with van der Waals surface area (Å²) >= 11 is 1.45. The van der Waals surface area contributed by atoms with E-state index in [0.29, 0.717) is 22.2 Å². The lowest BCUT2D eigenvalue weighted by molar-refractivity contribution is -0.146. The number of fused-ring (bicyclic) bond motifs is 1. The van der Waals surface area contributed by atoms with Gasteiger partial charge in [0.25, 0.3) is 5.91 Å². The highest BCUT2D eigenvalue weighted by molar-refractivity contribution is 7.16. The first-order chi connectivity index (χ1) is 13.5. The van der Waals surface area contributed by atoms with E-state index < -0.39 is 11.9 Å². The second kappa shape index (κ2) is 8.89. The molecule has 0 spiro atoms. The molecule has 0 radical (unpaired) electrons. The Labute approximate surface area is 168 Å². The van der Waals surface area contributed by atoms with E-state index >= 15 is 0 Å². The number of nitriles is 1. The molecule has 0 fully saturated rings. The molecule has 6 nitrogen and oxygen atoms in total. The first-order valence-corrected chi connectivity index (χ1v) is 9.94. The van der Waals surface area contributed by atoms with Gasteiger partial charge in [-0.3, -0.25) is 9.59 Å². The fourth-order valence-corrected chi connectivity index (χ4v) is 4.64. The Morgan fingerprint density at radius 1 is 1.39 bits per heavy atom. The van der Waals surface area contributed by atoms with Gasteiger partial charge < -0.3 is 14.8 Å². The molecular formula is C21H22N2O4S. The molecular weight excluding hydrogens is 376 g/mol. The van der Waals surface area contributed by atoms with E-state index in [9.17, 15) is 14.9 Å². The van der Waals surface area contributed by atoms with Crippen molar-refractivity contribution in [2.45, 2.75) is 32.6 Å². The number of amides is 1. The van der Waals surface area contributed by atoms with Crippen LogP contribution in [-0.2, 0) is 33.6 Å². The van der Waals surface area contributed by atoms with Gasteiger partial charge in [0, 0.05) is 4.88 Å². The minimum Gasteiger partial charge on any atom is -0.497 e. The maximum atomic E-state index is 12.2. The molecule has 0 unspecified atom stereocenters. The van der Waals surface area contributed by atoms with Gasteiger partial charge in [0.15, 0.2) is 6.61 Å². The zero-order valence-corrected chi connectivity index (χ0v) is 16.7. The molecule has 1 amide bonds. The third-order valence-electron chi connectivity index (χ3n) is 4.72. The Morgan fingerprint density at radius 3 is 2.96 bits per heavy atom. The lowest BCUT2D eigenvalue weighted by Gasteiger charge is -2.17. The van der Waals surface area contributed by atoms with Crippen LogP contribution < -0.4 is 10.1 Å². The van der Waals surface area contributed by atoms with Gasteiger partial charge in [-0.15, -0.1) is 11.3 Å². The molecule has 28 heavy (non-hydrogen) atoms. The fourth-order valence-electron chi connectivity index (χ4n) is 3.27. The Morgan fingerprint density at radius 2 is 2.21 bits per heavy atom. The summed E-state index contributed by atoms with van der Waals surface area (Å²) in [7, 11) is 1.56. The van der Waals surface area contributed by atoms with Gasteiger partial charge in [0.2, 0.25) is 0 Å². The van der Waals surface area contributed by atoms with Crippen molar-refractivity contribution in [3.8, 4) is 11.8 Å². The summed E-state index contributed by atoms with van der Waals surface area (Å²) in [5, 5.41) is 12.8. The van der Waals surface area contributed by atoms with Crippen molar-refractivity contribution in [1.29, 1.82) is 5.26 Å². The SMILES string of the molecule is COc1cccc(CC(=O)OCC(=O)Nc2sc3c(c2C#N)CC[C@H](C)C3)c1. The predicted molar refractivity (Wildman–Crippen MR) is 107 cm³/mol. The van der Waals surface area contributed by atoms with Crippen LogP contribution in [0.15, 0.2) is 24.3 Å². The van der Waals surface area contributed by atoms with Crippen LogP contribution in [0.25, 0.3) is 0 Å². The zero-order valence-electron chi connectivity index (χ0n) is 15.9. The number of methoxy groups -OCH3 is 1. The van der Waals surface area contributed by atoms with Crippen LogP contribution in [0.1, 0.15) is 34.9 Å². The highest BCUT2D eigenvalue weighted by Crippen LogP contribution is 2.39. The Kier molecular flexibility index (Phi) is 6.32. The van der Waals surface area contributed by atoms with Crippen LogP contribution in [0.5, 0.6) is 5.75 Å². The molecule has 0 bridgehead atoms. The number of rotatable bonds is 6. The average Bonchev–Trinajstić information content (AvgIpc) is 3.02. The molecule has 0 saturated carbocycles. The molecule has 1 N–H and O–H groups in total. The van der Waals surface area contributed by atoms with E-state index in [1.165, 1.54) is 16.2 Å². The van der Waals surface area contributed by atoms with Crippen molar-refractivity contribution in [1.82, 2.24) is 0 Å². The van der Waals surface area contributed by atoms with Crippen molar-refractivity contribution in [3.05, 3.63) is 45.8 Å². The number of ether oxygens (including phenoxy) is 2. The van der Waals surface area contributed by atoms with Gasteiger partial charge in [-0.2, -0.15) is 5.26 Å².